The zero-order chi connectivity index (χ0) is 15.8. The van der Waals surface area contributed by atoms with Gasteiger partial charge in [0.05, 0.1) is 19.3 Å². The van der Waals surface area contributed by atoms with Crippen LogP contribution in [0, 0.1) is 6.92 Å². The molecule has 3 nitrogen and oxygen atoms in total. The first-order chi connectivity index (χ1) is 11.2. The van der Waals surface area contributed by atoms with Crippen molar-refractivity contribution in [2.45, 2.75) is 26.4 Å². The summed E-state index contributed by atoms with van der Waals surface area (Å²) in [5.74, 6) is 0.972. The Morgan fingerprint density at radius 1 is 1.17 bits per heavy atom. The monoisotopic (exact) mass is 307 g/mol. The highest BCUT2D eigenvalue weighted by Crippen LogP contribution is 2.24. The van der Waals surface area contributed by atoms with Gasteiger partial charge in [-0.2, -0.15) is 0 Å². The van der Waals surface area contributed by atoms with E-state index in [1.54, 1.807) is 12.0 Å². The molecule has 1 atom stereocenters. The first-order valence-corrected chi connectivity index (χ1v) is 8.30. The van der Waals surface area contributed by atoms with E-state index in [1.165, 1.54) is 39.8 Å². The summed E-state index contributed by atoms with van der Waals surface area (Å²) in [5, 5.41) is 1.40. The summed E-state index contributed by atoms with van der Waals surface area (Å²) in [7, 11) is 1.73. The molecule has 4 rings (SSSR count). The van der Waals surface area contributed by atoms with E-state index in [9.17, 15) is 0 Å². The maximum atomic E-state index is 5.36. The van der Waals surface area contributed by atoms with Crippen LogP contribution in [0.15, 0.2) is 42.5 Å². The molecule has 118 valence electrons. The van der Waals surface area contributed by atoms with E-state index in [2.05, 4.69) is 54.4 Å². The molecule has 0 aliphatic carbocycles. The Kier molecular flexibility index (Phi) is 3.58. The molecule has 0 spiro atoms. The third-order valence-electron chi connectivity index (χ3n) is 4.97. The molecular formula is C20H23N2O+. The van der Waals surface area contributed by atoms with Crippen molar-refractivity contribution in [3.05, 3.63) is 64.8 Å². The number of nitrogens with one attached hydrogen (secondary N) is 2. The summed E-state index contributed by atoms with van der Waals surface area (Å²) in [6.45, 7) is 5.46. The van der Waals surface area contributed by atoms with Crippen molar-refractivity contribution < 1.29 is 9.64 Å². The summed E-state index contributed by atoms with van der Waals surface area (Å²) >= 11 is 0. The lowest BCUT2D eigenvalue weighted by Crippen LogP contribution is -3.10. The number of hydrogen-bond donors (Lipinski definition) is 2. The molecule has 2 N–H and O–H groups in total. The molecule has 23 heavy (non-hydrogen) atoms. The number of benzene rings is 2. The van der Waals surface area contributed by atoms with Crippen LogP contribution in [0.3, 0.4) is 0 Å². The lowest BCUT2D eigenvalue weighted by atomic mass is 10.0. The quantitative estimate of drug-likeness (QED) is 0.765. The van der Waals surface area contributed by atoms with Gasteiger partial charge in [-0.25, -0.2) is 0 Å². The summed E-state index contributed by atoms with van der Waals surface area (Å²) in [6, 6.07) is 15.2. The zero-order valence-corrected chi connectivity index (χ0v) is 13.8. The topological polar surface area (TPSA) is 29.5 Å². The lowest BCUT2D eigenvalue weighted by Gasteiger charge is -2.24. The highest BCUT2D eigenvalue weighted by Gasteiger charge is 2.23. The Morgan fingerprint density at radius 2 is 2.04 bits per heavy atom. The fourth-order valence-corrected chi connectivity index (χ4v) is 3.82. The highest BCUT2D eigenvalue weighted by molar-refractivity contribution is 5.84. The van der Waals surface area contributed by atoms with Crippen LogP contribution >= 0.6 is 0 Å². The molecule has 0 fully saturated rings. The van der Waals surface area contributed by atoms with Gasteiger partial charge in [0, 0.05) is 22.9 Å². The zero-order valence-electron chi connectivity index (χ0n) is 13.8. The molecule has 1 aromatic heterocycles. The van der Waals surface area contributed by atoms with Crippen molar-refractivity contribution >= 4 is 10.9 Å². The van der Waals surface area contributed by atoms with Crippen LogP contribution in [0.4, 0.5) is 0 Å². The predicted molar refractivity (Wildman–Crippen MR) is 93.0 cm³/mol. The Balaban J connectivity index is 1.55. The van der Waals surface area contributed by atoms with E-state index < -0.39 is 0 Å². The molecule has 3 aromatic rings. The Hall–Kier alpha value is -2.26. The number of aromatic nitrogens is 1. The number of hydrogen-bond acceptors (Lipinski definition) is 1. The van der Waals surface area contributed by atoms with Gasteiger partial charge in [0.1, 0.15) is 18.8 Å². The molecule has 0 radical (unpaired) electrons. The second-order valence-electron chi connectivity index (χ2n) is 6.54. The van der Waals surface area contributed by atoms with Crippen LogP contribution in [0.1, 0.15) is 22.4 Å². The third-order valence-corrected chi connectivity index (χ3v) is 4.97. The van der Waals surface area contributed by atoms with Gasteiger partial charge in [0.15, 0.2) is 0 Å². The van der Waals surface area contributed by atoms with Gasteiger partial charge < -0.3 is 14.6 Å². The molecule has 2 heterocycles. The molecule has 3 heteroatoms. The Labute approximate surface area is 136 Å². The summed E-state index contributed by atoms with van der Waals surface area (Å²) in [6.07, 6.45) is 1.16. The number of fused-ring (bicyclic) bond motifs is 3. The Bertz CT molecular complexity index is 850. The molecule has 0 amide bonds. The van der Waals surface area contributed by atoms with E-state index >= 15 is 0 Å². The van der Waals surface area contributed by atoms with Crippen molar-refractivity contribution in [3.8, 4) is 5.75 Å². The van der Waals surface area contributed by atoms with E-state index in [1.807, 2.05) is 0 Å². The minimum absolute atomic E-state index is 0.972. The van der Waals surface area contributed by atoms with Gasteiger partial charge in [0.25, 0.3) is 0 Å². The molecule has 0 bridgehead atoms. The average molecular weight is 307 g/mol. The first kappa shape index (κ1) is 14.3. The minimum Gasteiger partial charge on any atom is -0.496 e. The number of rotatable bonds is 3. The summed E-state index contributed by atoms with van der Waals surface area (Å²) < 4.78 is 5.36. The minimum atomic E-state index is 0.972. The van der Waals surface area contributed by atoms with E-state index in [4.69, 9.17) is 4.74 Å². The van der Waals surface area contributed by atoms with Crippen LogP contribution < -0.4 is 9.64 Å². The highest BCUT2D eigenvalue weighted by atomic mass is 16.5. The van der Waals surface area contributed by atoms with Crippen LogP contribution in [0.25, 0.3) is 10.9 Å². The normalized spacial score (nSPS) is 17.2. The number of aryl methyl sites for hydroxylation is 1. The van der Waals surface area contributed by atoms with Crippen LogP contribution in [0.2, 0.25) is 0 Å². The van der Waals surface area contributed by atoms with Gasteiger partial charge in [-0.15, -0.1) is 0 Å². The van der Waals surface area contributed by atoms with Crippen molar-refractivity contribution in [2.24, 2.45) is 0 Å². The molecule has 0 saturated carbocycles. The van der Waals surface area contributed by atoms with Gasteiger partial charge in [-0.3, -0.25) is 0 Å². The third kappa shape index (κ3) is 2.62. The fourth-order valence-electron chi connectivity index (χ4n) is 3.82. The predicted octanol–water partition coefficient (Wildman–Crippen LogP) is 2.63. The van der Waals surface area contributed by atoms with Gasteiger partial charge in [0.2, 0.25) is 0 Å². The smallest absolute Gasteiger partial charge is 0.121 e. The SMILES string of the molecule is COc1ccc(C[NH+]2CCc3c([nH]c4ccccc34)C2)cc1C. The van der Waals surface area contributed by atoms with E-state index in [0.29, 0.717) is 0 Å². The number of quaternary nitrogens is 1. The van der Waals surface area contributed by atoms with Gasteiger partial charge in [-0.05, 0) is 42.3 Å². The lowest BCUT2D eigenvalue weighted by molar-refractivity contribution is -0.929. The van der Waals surface area contributed by atoms with Crippen molar-refractivity contribution in [2.75, 3.05) is 13.7 Å². The number of aromatic amines is 1. The molecule has 0 saturated heterocycles. The number of ether oxygens (including phenoxy) is 1. The second kappa shape index (κ2) is 5.74. The molecule has 1 unspecified atom stereocenters. The maximum absolute atomic E-state index is 5.36. The van der Waals surface area contributed by atoms with Crippen molar-refractivity contribution in [1.82, 2.24) is 4.98 Å². The van der Waals surface area contributed by atoms with Crippen LogP contribution in [-0.2, 0) is 19.5 Å². The first-order valence-electron chi connectivity index (χ1n) is 8.30. The Morgan fingerprint density at radius 3 is 2.87 bits per heavy atom. The van der Waals surface area contributed by atoms with E-state index in [0.717, 1.165) is 25.3 Å². The molecule has 1 aliphatic rings. The van der Waals surface area contributed by atoms with Crippen LogP contribution in [0.5, 0.6) is 5.75 Å². The fraction of sp³-hybridized carbons (Fsp3) is 0.300. The summed E-state index contributed by atoms with van der Waals surface area (Å²) in [5.41, 5.74) is 6.82. The summed E-state index contributed by atoms with van der Waals surface area (Å²) in [4.78, 5) is 5.24. The standard InChI is InChI=1S/C20H22N2O/c1-14-11-15(7-8-20(14)23-2)12-22-10-9-17-16-5-3-4-6-18(16)21-19(17)13-22/h3-8,11,21H,9-10,12-13H2,1-2H3/p+1. The molecule has 2 aromatic carbocycles. The van der Waals surface area contributed by atoms with Crippen LogP contribution in [-0.4, -0.2) is 18.6 Å². The number of H-pyrrole nitrogens is 1. The van der Waals surface area contributed by atoms with Gasteiger partial charge >= 0.3 is 0 Å². The van der Waals surface area contributed by atoms with Crippen molar-refractivity contribution in [3.63, 3.8) is 0 Å². The maximum Gasteiger partial charge on any atom is 0.121 e. The number of methoxy groups -OCH3 is 1. The molecule has 1 aliphatic heterocycles. The van der Waals surface area contributed by atoms with Crippen molar-refractivity contribution in [1.29, 1.82) is 0 Å². The second-order valence-corrected chi connectivity index (χ2v) is 6.54. The number of para-hydroxylation sites is 1. The molecular weight excluding hydrogens is 284 g/mol. The van der Waals surface area contributed by atoms with Gasteiger partial charge in [-0.1, -0.05) is 18.2 Å². The van der Waals surface area contributed by atoms with E-state index in [-0.39, 0.29) is 0 Å². The largest absolute Gasteiger partial charge is 0.496 e. The average Bonchev–Trinajstić information content (AvgIpc) is 2.92.